The minimum absolute atomic E-state index is 0.0321. The monoisotopic (exact) mass is 275 g/mol. The Morgan fingerprint density at radius 1 is 1.40 bits per heavy atom. The third-order valence-corrected chi connectivity index (χ3v) is 4.09. The van der Waals surface area contributed by atoms with Gasteiger partial charge in [-0.3, -0.25) is 14.3 Å². The molecular weight excluding hydrogens is 258 g/mol. The summed E-state index contributed by atoms with van der Waals surface area (Å²) in [4.78, 5) is 30.6. The Labute approximate surface area is 115 Å². The number of hydrogen-bond donors (Lipinski definition) is 1. The number of carbonyl (C=O) groups excluding carboxylic acids is 1. The molecule has 0 unspecified atom stereocenters. The largest absolute Gasteiger partial charge is 0.469 e. The van der Waals surface area contributed by atoms with Gasteiger partial charge in [0, 0.05) is 12.2 Å². The summed E-state index contributed by atoms with van der Waals surface area (Å²) in [5, 5.41) is 0. The number of imidazole rings is 1. The van der Waals surface area contributed by atoms with Gasteiger partial charge in [-0.15, -0.1) is 0 Å². The van der Waals surface area contributed by atoms with E-state index in [1.165, 1.54) is 7.11 Å². The van der Waals surface area contributed by atoms with Crippen LogP contribution >= 0.6 is 0 Å². The fourth-order valence-corrected chi connectivity index (χ4v) is 3.06. The molecule has 2 heterocycles. The van der Waals surface area contributed by atoms with Gasteiger partial charge in [0.25, 0.3) is 0 Å². The van der Waals surface area contributed by atoms with E-state index < -0.39 is 0 Å². The molecule has 0 amide bonds. The molecule has 2 aromatic rings. The minimum atomic E-state index is -0.142. The molecule has 0 aliphatic heterocycles. The predicted octanol–water partition coefficient (Wildman–Crippen LogP) is 1.63. The van der Waals surface area contributed by atoms with E-state index in [-0.39, 0.29) is 23.6 Å². The quantitative estimate of drug-likeness (QED) is 0.845. The van der Waals surface area contributed by atoms with Crippen molar-refractivity contribution < 1.29 is 9.53 Å². The molecule has 0 aromatic carbocycles. The summed E-state index contributed by atoms with van der Waals surface area (Å²) in [5.74, 6) is -0.174. The third-order valence-electron chi connectivity index (χ3n) is 4.09. The van der Waals surface area contributed by atoms with Crippen LogP contribution < -0.4 is 5.69 Å². The number of H-pyrrole nitrogens is 1. The topological polar surface area (TPSA) is 77.0 Å². The van der Waals surface area contributed by atoms with E-state index in [1.54, 1.807) is 10.8 Å². The van der Waals surface area contributed by atoms with Crippen molar-refractivity contribution in [1.82, 2.24) is 14.5 Å². The Balaban J connectivity index is 1.85. The summed E-state index contributed by atoms with van der Waals surface area (Å²) in [6, 6.07) is 3.85. The Morgan fingerprint density at radius 2 is 2.15 bits per heavy atom. The summed E-state index contributed by atoms with van der Waals surface area (Å²) >= 11 is 0. The highest BCUT2D eigenvalue weighted by atomic mass is 16.5. The lowest BCUT2D eigenvalue weighted by Gasteiger charge is -2.27. The number of carbonyl (C=O) groups is 1. The number of pyridine rings is 1. The van der Waals surface area contributed by atoms with Gasteiger partial charge in [-0.1, -0.05) is 0 Å². The molecule has 3 rings (SSSR count). The molecule has 1 fully saturated rings. The zero-order chi connectivity index (χ0) is 14.1. The van der Waals surface area contributed by atoms with Gasteiger partial charge in [0.2, 0.25) is 0 Å². The Morgan fingerprint density at radius 3 is 2.85 bits per heavy atom. The number of nitrogens with zero attached hydrogens (tertiary/aromatic N) is 2. The van der Waals surface area contributed by atoms with Crippen LogP contribution in [-0.4, -0.2) is 27.6 Å². The number of fused-ring (bicyclic) bond motifs is 1. The average molecular weight is 275 g/mol. The number of methoxy groups -OCH3 is 1. The zero-order valence-corrected chi connectivity index (χ0v) is 11.3. The second-order valence-corrected chi connectivity index (χ2v) is 5.20. The van der Waals surface area contributed by atoms with Crippen molar-refractivity contribution in [2.75, 3.05) is 7.11 Å². The first-order valence-corrected chi connectivity index (χ1v) is 6.83. The van der Waals surface area contributed by atoms with Crippen molar-refractivity contribution in [1.29, 1.82) is 0 Å². The number of nitrogens with one attached hydrogen (secondary N) is 1. The number of hydrogen-bond acceptors (Lipinski definition) is 4. The van der Waals surface area contributed by atoms with Crippen molar-refractivity contribution in [2.24, 2.45) is 5.92 Å². The van der Waals surface area contributed by atoms with Gasteiger partial charge in [0.05, 0.1) is 18.5 Å². The van der Waals surface area contributed by atoms with E-state index in [1.807, 2.05) is 12.1 Å². The second kappa shape index (κ2) is 5.11. The fraction of sp³-hybridized carbons (Fsp3) is 0.500. The summed E-state index contributed by atoms with van der Waals surface area (Å²) in [6.45, 7) is 0. The van der Waals surface area contributed by atoms with Crippen LogP contribution in [0.25, 0.3) is 11.2 Å². The van der Waals surface area contributed by atoms with Crippen molar-refractivity contribution in [3.05, 3.63) is 28.8 Å². The van der Waals surface area contributed by atoms with Gasteiger partial charge in [0.15, 0.2) is 5.65 Å². The zero-order valence-electron chi connectivity index (χ0n) is 11.3. The fourth-order valence-electron chi connectivity index (χ4n) is 3.06. The van der Waals surface area contributed by atoms with Crippen LogP contribution in [-0.2, 0) is 9.53 Å². The molecule has 0 saturated heterocycles. The molecule has 20 heavy (non-hydrogen) atoms. The van der Waals surface area contributed by atoms with E-state index >= 15 is 0 Å². The first kappa shape index (κ1) is 12.9. The molecule has 1 aliphatic rings. The smallest absolute Gasteiger partial charge is 0.327 e. The van der Waals surface area contributed by atoms with Crippen LogP contribution in [0.5, 0.6) is 0 Å². The van der Waals surface area contributed by atoms with Gasteiger partial charge in [-0.2, -0.15) is 0 Å². The number of rotatable bonds is 2. The highest BCUT2D eigenvalue weighted by Crippen LogP contribution is 2.33. The Bertz CT molecular complexity index is 680. The highest BCUT2D eigenvalue weighted by molar-refractivity contribution is 5.72. The molecule has 0 atom stereocenters. The molecule has 0 bridgehead atoms. The van der Waals surface area contributed by atoms with Crippen LogP contribution in [0, 0.1) is 5.92 Å². The van der Waals surface area contributed by atoms with Crippen LogP contribution in [0.4, 0.5) is 0 Å². The standard InChI is InChI=1S/C14H17N3O3/c1-20-13(18)9-4-6-10(7-5-9)17-11-3-2-8-15-12(11)16-14(17)19/h2-3,8-10H,4-7H2,1H3,(H,15,16,19). The van der Waals surface area contributed by atoms with Crippen LogP contribution in [0.3, 0.4) is 0 Å². The molecule has 2 aromatic heterocycles. The van der Waals surface area contributed by atoms with Gasteiger partial charge in [0.1, 0.15) is 0 Å². The van der Waals surface area contributed by atoms with E-state index in [4.69, 9.17) is 4.74 Å². The highest BCUT2D eigenvalue weighted by Gasteiger charge is 2.29. The van der Waals surface area contributed by atoms with Crippen LogP contribution in [0.1, 0.15) is 31.7 Å². The summed E-state index contributed by atoms with van der Waals surface area (Å²) in [5.41, 5.74) is 1.33. The maximum atomic E-state index is 12.1. The Kier molecular flexibility index (Phi) is 3.30. The predicted molar refractivity (Wildman–Crippen MR) is 73.4 cm³/mol. The number of aromatic nitrogens is 3. The maximum Gasteiger partial charge on any atom is 0.327 e. The van der Waals surface area contributed by atoms with E-state index in [2.05, 4.69) is 9.97 Å². The van der Waals surface area contributed by atoms with Gasteiger partial charge >= 0.3 is 11.7 Å². The average Bonchev–Trinajstić information content (AvgIpc) is 2.82. The van der Waals surface area contributed by atoms with E-state index in [9.17, 15) is 9.59 Å². The number of esters is 1. The molecular formula is C14H17N3O3. The number of aromatic amines is 1. The first-order valence-electron chi connectivity index (χ1n) is 6.83. The van der Waals surface area contributed by atoms with Gasteiger partial charge in [-0.25, -0.2) is 9.78 Å². The molecule has 0 spiro atoms. The SMILES string of the molecule is COC(=O)C1CCC(n2c(=O)[nH]c3ncccc32)CC1. The summed E-state index contributed by atoms with van der Waals surface area (Å²) in [6.07, 6.45) is 4.80. The number of ether oxygens (including phenoxy) is 1. The van der Waals surface area contributed by atoms with Crippen LogP contribution in [0.15, 0.2) is 23.1 Å². The first-order chi connectivity index (χ1) is 9.70. The van der Waals surface area contributed by atoms with Gasteiger partial charge in [-0.05, 0) is 37.8 Å². The van der Waals surface area contributed by atoms with Crippen molar-refractivity contribution in [3.63, 3.8) is 0 Å². The van der Waals surface area contributed by atoms with E-state index in [0.717, 1.165) is 31.2 Å². The van der Waals surface area contributed by atoms with Crippen LogP contribution in [0.2, 0.25) is 0 Å². The molecule has 1 N–H and O–H groups in total. The summed E-state index contributed by atoms with van der Waals surface area (Å²) < 4.78 is 6.56. The molecule has 106 valence electrons. The van der Waals surface area contributed by atoms with Gasteiger partial charge < -0.3 is 4.74 Å². The molecule has 1 saturated carbocycles. The molecule has 6 nitrogen and oxygen atoms in total. The Hall–Kier alpha value is -2.11. The molecule has 1 aliphatic carbocycles. The lowest BCUT2D eigenvalue weighted by molar-refractivity contribution is -0.146. The molecule has 0 radical (unpaired) electrons. The van der Waals surface area contributed by atoms with Crippen molar-refractivity contribution >= 4 is 17.1 Å². The minimum Gasteiger partial charge on any atom is -0.469 e. The van der Waals surface area contributed by atoms with Crippen molar-refractivity contribution in [2.45, 2.75) is 31.7 Å². The summed E-state index contributed by atoms with van der Waals surface area (Å²) in [7, 11) is 1.42. The van der Waals surface area contributed by atoms with E-state index in [0.29, 0.717) is 5.65 Å². The lowest BCUT2D eigenvalue weighted by Crippen LogP contribution is -2.29. The second-order valence-electron chi connectivity index (χ2n) is 5.20. The van der Waals surface area contributed by atoms with Crippen molar-refractivity contribution in [3.8, 4) is 0 Å². The normalized spacial score (nSPS) is 22.9. The molecule has 6 heteroatoms. The lowest BCUT2D eigenvalue weighted by atomic mass is 9.86. The maximum absolute atomic E-state index is 12.1. The third kappa shape index (κ3) is 2.11.